The highest BCUT2D eigenvalue weighted by atomic mass is 16.5. The Morgan fingerprint density at radius 2 is 1.87 bits per heavy atom. The lowest BCUT2D eigenvalue weighted by molar-refractivity contribution is 0.195. The van der Waals surface area contributed by atoms with Gasteiger partial charge in [-0.15, -0.1) is 0 Å². The Labute approximate surface area is 140 Å². The highest BCUT2D eigenvalue weighted by Crippen LogP contribution is 2.25. The number of hydrogen-bond donors (Lipinski definition) is 2. The summed E-state index contributed by atoms with van der Waals surface area (Å²) in [5.74, 6) is 1.69. The van der Waals surface area contributed by atoms with Gasteiger partial charge in [-0.1, -0.05) is 32.9 Å². The molecule has 2 N–H and O–H groups in total. The number of rotatable bonds is 8. The van der Waals surface area contributed by atoms with Crippen molar-refractivity contribution >= 4 is 5.96 Å². The van der Waals surface area contributed by atoms with Crippen molar-refractivity contribution in [1.82, 2.24) is 10.6 Å². The van der Waals surface area contributed by atoms with Crippen molar-refractivity contribution in [3.8, 4) is 5.75 Å². The van der Waals surface area contributed by atoms with Crippen LogP contribution in [0.1, 0.15) is 32.8 Å². The second kappa shape index (κ2) is 10.1. The standard InChI is InChI=1S/C18H31N3O2/c1-18(2,3)15-8-6-9-16(14-15)23-13-11-21-17(19-4)20-10-7-12-22-5/h6,8-9,14H,7,10-13H2,1-5H3,(H2,19,20,21). The molecule has 23 heavy (non-hydrogen) atoms. The summed E-state index contributed by atoms with van der Waals surface area (Å²) in [6, 6.07) is 8.28. The second-order valence-corrected chi connectivity index (χ2v) is 6.40. The van der Waals surface area contributed by atoms with Gasteiger partial charge < -0.3 is 20.1 Å². The van der Waals surface area contributed by atoms with Crippen molar-refractivity contribution in [2.45, 2.75) is 32.6 Å². The van der Waals surface area contributed by atoms with Crippen LogP contribution in [0.2, 0.25) is 0 Å². The molecule has 1 rings (SSSR count). The first kappa shape index (κ1) is 19.3. The maximum Gasteiger partial charge on any atom is 0.191 e. The second-order valence-electron chi connectivity index (χ2n) is 6.40. The normalized spacial score (nSPS) is 12.1. The van der Waals surface area contributed by atoms with Gasteiger partial charge in [0.2, 0.25) is 0 Å². The largest absolute Gasteiger partial charge is 0.492 e. The Morgan fingerprint density at radius 1 is 1.13 bits per heavy atom. The third-order valence-electron chi connectivity index (χ3n) is 3.40. The Kier molecular flexibility index (Phi) is 8.48. The van der Waals surface area contributed by atoms with Crippen LogP contribution in [-0.4, -0.2) is 46.4 Å². The van der Waals surface area contributed by atoms with Crippen molar-refractivity contribution in [1.29, 1.82) is 0 Å². The van der Waals surface area contributed by atoms with Gasteiger partial charge in [0.25, 0.3) is 0 Å². The maximum atomic E-state index is 5.81. The van der Waals surface area contributed by atoms with Crippen LogP contribution >= 0.6 is 0 Å². The molecule has 0 radical (unpaired) electrons. The van der Waals surface area contributed by atoms with Gasteiger partial charge in [0, 0.05) is 27.3 Å². The van der Waals surface area contributed by atoms with E-state index >= 15 is 0 Å². The van der Waals surface area contributed by atoms with E-state index in [1.165, 1.54) is 5.56 Å². The van der Waals surface area contributed by atoms with Crippen LogP contribution in [0.3, 0.4) is 0 Å². The number of nitrogens with one attached hydrogen (secondary N) is 2. The molecule has 0 fully saturated rings. The molecule has 0 bridgehead atoms. The number of benzene rings is 1. The Morgan fingerprint density at radius 3 is 2.52 bits per heavy atom. The first-order valence-electron chi connectivity index (χ1n) is 8.14. The van der Waals surface area contributed by atoms with E-state index in [2.05, 4.69) is 48.5 Å². The van der Waals surface area contributed by atoms with Crippen LogP contribution in [0.5, 0.6) is 5.75 Å². The average molecular weight is 321 g/mol. The summed E-state index contributed by atoms with van der Waals surface area (Å²) in [5.41, 5.74) is 1.41. The molecular formula is C18H31N3O2. The molecule has 0 unspecified atom stereocenters. The smallest absolute Gasteiger partial charge is 0.191 e. The predicted molar refractivity (Wildman–Crippen MR) is 96.5 cm³/mol. The summed E-state index contributed by atoms with van der Waals surface area (Å²) in [4.78, 5) is 4.17. The lowest BCUT2D eigenvalue weighted by atomic mass is 9.87. The fraction of sp³-hybridized carbons (Fsp3) is 0.611. The van der Waals surface area contributed by atoms with E-state index in [9.17, 15) is 0 Å². The first-order chi connectivity index (χ1) is 11.0. The van der Waals surface area contributed by atoms with Crippen molar-refractivity contribution < 1.29 is 9.47 Å². The van der Waals surface area contributed by atoms with E-state index in [-0.39, 0.29) is 5.41 Å². The van der Waals surface area contributed by atoms with Gasteiger partial charge in [0.1, 0.15) is 12.4 Å². The molecule has 0 aliphatic carbocycles. The van der Waals surface area contributed by atoms with Gasteiger partial charge in [0.15, 0.2) is 5.96 Å². The summed E-state index contributed by atoms with van der Waals surface area (Å²) in [6.45, 7) is 9.47. The predicted octanol–water partition coefficient (Wildman–Crippen LogP) is 2.56. The summed E-state index contributed by atoms with van der Waals surface area (Å²) >= 11 is 0. The van der Waals surface area contributed by atoms with Crippen molar-refractivity contribution in [3.63, 3.8) is 0 Å². The molecule has 1 aromatic carbocycles. The third kappa shape index (κ3) is 7.88. The van der Waals surface area contributed by atoms with E-state index < -0.39 is 0 Å². The molecule has 130 valence electrons. The van der Waals surface area contributed by atoms with Crippen LogP contribution in [0.15, 0.2) is 29.3 Å². The molecule has 1 aromatic rings. The quantitative estimate of drug-likeness (QED) is 0.439. The summed E-state index contributed by atoms with van der Waals surface area (Å²) in [7, 11) is 3.47. The minimum absolute atomic E-state index is 0.131. The Hall–Kier alpha value is -1.75. The number of nitrogens with zero attached hydrogens (tertiary/aromatic N) is 1. The Bertz CT molecular complexity index is 481. The van der Waals surface area contributed by atoms with Crippen molar-refractivity contribution in [3.05, 3.63) is 29.8 Å². The van der Waals surface area contributed by atoms with Crippen LogP contribution in [-0.2, 0) is 10.2 Å². The molecular weight excluding hydrogens is 290 g/mol. The molecule has 0 amide bonds. The summed E-state index contributed by atoms with van der Waals surface area (Å²) in [6.07, 6.45) is 0.952. The van der Waals surface area contributed by atoms with Gasteiger partial charge in [-0.2, -0.15) is 0 Å². The monoisotopic (exact) mass is 321 g/mol. The van der Waals surface area contributed by atoms with E-state index in [0.29, 0.717) is 13.2 Å². The Balaban J connectivity index is 2.31. The van der Waals surface area contributed by atoms with Gasteiger partial charge in [-0.3, -0.25) is 4.99 Å². The lowest BCUT2D eigenvalue weighted by Gasteiger charge is -2.20. The third-order valence-corrected chi connectivity index (χ3v) is 3.40. The van der Waals surface area contributed by atoms with E-state index in [4.69, 9.17) is 9.47 Å². The molecule has 0 aliphatic rings. The average Bonchev–Trinajstić information content (AvgIpc) is 2.53. The highest BCUT2D eigenvalue weighted by molar-refractivity contribution is 5.79. The van der Waals surface area contributed by atoms with Gasteiger partial charge in [0.05, 0.1) is 6.54 Å². The molecule has 0 saturated heterocycles. The fourth-order valence-electron chi connectivity index (χ4n) is 2.03. The number of methoxy groups -OCH3 is 1. The van der Waals surface area contributed by atoms with E-state index in [1.54, 1.807) is 14.2 Å². The van der Waals surface area contributed by atoms with Gasteiger partial charge in [-0.05, 0) is 29.5 Å². The molecule has 0 atom stereocenters. The minimum atomic E-state index is 0.131. The summed E-state index contributed by atoms with van der Waals surface area (Å²) < 4.78 is 10.8. The minimum Gasteiger partial charge on any atom is -0.492 e. The topological polar surface area (TPSA) is 54.9 Å². The van der Waals surface area contributed by atoms with Gasteiger partial charge >= 0.3 is 0 Å². The van der Waals surface area contributed by atoms with Gasteiger partial charge in [-0.25, -0.2) is 0 Å². The highest BCUT2D eigenvalue weighted by Gasteiger charge is 2.13. The summed E-state index contributed by atoms with van der Waals surface area (Å²) in [5, 5.41) is 6.47. The van der Waals surface area contributed by atoms with Crippen LogP contribution < -0.4 is 15.4 Å². The fourth-order valence-corrected chi connectivity index (χ4v) is 2.03. The molecule has 0 spiro atoms. The molecule has 5 nitrogen and oxygen atoms in total. The number of ether oxygens (including phenoxy) is 2. The first-order valence-corrected chi connectivity index (χ1v) is 8.14. The molecule has 5 heteroatoms. The SMILES string of the molecule is CN=C(NCCCOC)NCCOc1cccc(C(C)(C)C)c1. The zero-order valence-electron chi connectivity index (χ0n) is 15.1. The van der Waals surface area contributed by atoms with Crippen molar-refractivity contribution in [2.24, 2.45) is 4.99 Å². The number of guanidine groups is 1. The molecule has 0 heterocycles. The van der Waals surface area contributed by atoms with Crippen LogP contribution in [0.25, 0.3) is 0 Å². The number of hydrogen-bond acceptors (Lipinski definition) is 3. The zero-order valence-corrected chi connectivity index (χ0v) is 15.1. The van der Waals surface area contributed by atoms with E-state index in [0.717, 1.165) is 31.3 Å². The van der Waals surface area contributed by atoms with Crippen LogP contribution in [0, 0.1) is 0 Å². The molecule has 0 aromatic heterocycles. The molecule has 0 aliphatic heterocycles. The zero-order chi connectivity index (χ0) is 17.1. The van der Waals surface area contributed by atoms with E-state index in [1.807, 2.05) is 12.1 Å². The van der Waals surface area contributed by atoms with Crippen LogP contribution in [0.4, 0.5) is 0 Å². The molecule has 0 saturated carbocycles. The number of aliphatic imine (C=N–C) groups is 1. The lowest BCUT2D eigenvalue weighted by Crippen LogP contribution is -2.39. The van der Waals surface area contributed by atoms with Crippen molar-refractivity contribution in [2.75, 3.05) is 40.5 Å². The maximum absolute atomic E-state index is 5.81.